The maximum absolute atomic E-state index is 13.0. The van der Waals surface area contributed by atoms with Crippen LogP contribution in [0.15, 0.2) is 12.1 Å². The predicted octanol–water partition coefficient (Wildman–Crippen LogP) is 3.32. The Morgan fingerprint density at radius 3 is 2.50 bits per heavy atom. The molecular formula is C9H9F3NO-. The summed E-state index contributed by atoms with van der Waals surface area (Å²) >= 11 is 0. The summed E-state index contributed by atoms with van der Waals surface area (Å²) < 4.78 is 42.7. The highest BCUT2D eigenvalue weighted by molar-refractivity contribution is 5.42. The van der Waals surface area contributed by atoms with Gasteiger partial charge in [0.25, 0.3) is 6.43 Å². The van der Waals surface area contributed by atoms with Crippen LogP contribution in [0.1, 0.15) is 17.6 Å². The standard InChI is InChI=1S/C9H9F3NO/c1-14-7-3-2-6(10)5(4-13)8(7)9(11)12/h2-3,9,13H,4H2,1H3/q-1. The van der Waals surface area contributed by atoms with Gasteiger partial charge in [0.1, 0.15) is 11.6 Å². The Hall–Kier alpha value is -1.23. The zero-order valence-electron chi connectivity index (χ0n) is 7.48. The molecule has 0 atom stereocenters. The number of ether oxygens (including phenoxy) is 1. The highest BCUT2D eigenvalue weighted by atomic mass is 19.3. The molecule has 0 aliphatic carbocycles. The Balaban J connectivity index is 3.36. The number of hydrogen-bond donors (Lipinski definition) is 0. The second kappa shape index (κ2) is 4.32. The van der Waals surface area contributed by atoms with E-state index in [2.05, 4.69) is 4.74 Å². The first kappa shape index (κ1) is 10.8. The molecular weight excluding hydrogens is 195 g/mol. The topological polar surface area (TPSA) is 33.0 Å². The van der Waals surface area contributed by atoms with Crippen LogP contribution < -0.4 is 4.74 Å². The van der Waals surface area contributed by atoms with Gasteiger partial charge in [-0.2, -0.15) is 0 Å². The molecule has 2 nitrogen and oxygen atoms in total. The second-order valence-corrected chi connectivity index (χ2v) is 2.62. The fourth-order valence-electron chi connectivity index (χ4n) is 1.21. The summed E-state index contributed by atoms with van der Waals surface area (Å²) in [5, 5.41) is 0. The van der Waals surface area contributed by atoms with Crippen LogP contribution in [0, 0.1) is 5.82 Å². The summed E-state index contributed by atoms with van der Waals surface area (Å²) in [5.41, 5.74) is 6.13. The van der Waals surface area contributed by atoms with Gasteiger partial charge in [-0.1, -0.05) is 0 Å². The minimum atomic E-state index is -2.83. The number of nitrogens with one attached hydrogen (secondary N) is 1. The zero-order valence-corrected chi connectivity index (χ0v) is 7.48. The average Bonchev–Trinajstić information content (AvgIpc) is 2.17. The molecule has 0 heterocycles. The van der Waals surface area contributed by atoms with Crippen LogP contribution in [0.5, 0.6) is 5.75 Å². The van der Waals surface area contributed by atoms with Gasteiger partial charge in [-0.15, -0.1) is 6.54 Å². The van der Waals surface area contributed by atoms with E-state index in [0.717, 1.165) is 12.1 Å². The molecule has 0 radical (unpaired) electrons. The van der Waals surface area contributed by atoms with E-state index in [1.807, 2.05) is 0 Å². The van der Waals surface area contributed by atoms with Crippen molar-refractivity contribution in [1.29, 1.82) is 0 Å². The number of methoxy groups -OCH3 is 1. The smallest absolute Gasteiger partial charge is 0.267 e. The maximum Gasteiger partial charge on any atom is 0.267 e. The molecule has 0 aliphatic rings. The van der Waals surface area contributed by atoms with Gasteiger partial charge in [0.05, 0.1) is 12.7 Å². The third-order valence-electron chi connectivity index (χ3n) is 1.87. The molecule has 1 aromatic carbocycles. The third-order valence-corrected chi connectivity index (χ3v) is 1.87. The van der Waals surface area contributed by atoms with E-state index in [9.17, 15) is 13.2 Å². The van der Waals surface area contributed by atoms with Gasteiger partial charge >= 0.3 is 0 Å². The lowest BCUT2D eigenvalue weighted by Gasteiger charge is -2.15. The number of halogens is 3. The van der Waals surface area contributed by atoms with Crippen molar-refractivity contribution in [2.24, 2.45) is 0 Å². The molecule has 5 heteroatoms. The van der Waals surface area contributed by atoms with Crippen molar-refractivity contribution in [1.82, 2.24) is 0 Å². The van der Waals surface area contributed by atoms with E-state index < -0.39 is 24.4 Å². The van der Waals surface area contributed by atoms with Crippen LogP contribution in [0.25, 0.3) is 5.73 Å². The van der Waals surface area contributed by atoms with Crippen molar-refractivity contribution < 1.29 is 17.9 Å². The lowest BCUT2D eigenvalue weighted by molar-refractivity contribution is 0.145. The molecule has 0 aromatic heterocycles. The van der Waals surface area contributed by atoms with Gasteiger partial charge < -0.3 is 10.5 Å². The molecule has 78 valence electrons. The third kappa shape index (κ3) is 1.82. The lowest BCUT2D eigenvalue weighted by Crippen LogP contribution is -2.00. The van der Waals surface area contributed by atoms with Crippen molar-refractivity contribution in [2.45, 2.75) is 13.0 Å². The fourth-order valence-corrected chi connectivity index (χ4v) is 1.21. The molecule has 0 unspecified atom stereocenters. The van der Waals surface area contributed by atoms with Crippen LogP contribution in [0.4, 0.5) is 13.2 Å². The lowest BCUT2D eigenvalue weighted by atomic mass is 10.1. The van der Waals surface area contributed by atoms with E-state index in [0.29, 0.717) is 0 Å². The summed E-state index contributed by atoms with van der Waals surface area (Å²) in [7, 11) is 1.23. The number of benzene rings is 1. The van der Waals surface area contributed by atoms with Gasteiger partial charge in [-0.25, -0.2) is 13.2 Å². The van der Waals surface area contributed by atoms with Crippen LogP contribution in [-0.2, 0) is 6.54 Å². The molecule has 14 heavy (non-hydrogen) atoms. The van der Waals surface area contributed by atoms with Crippen LogP contribution in [-0.4, -0.2) is 7.11 Å². The summed E-state index contributed by atoms with van der Waals surface area (Å²) in [4.78, 5) is 0. The van der Waals surface area contributed by atoms with Crippen molar-refractivity contribution in [3.05, 3.63) is 34.8 Å². The Morgan fingerprint density at radius 2 is 2.07 bits per heavy atom. The van der Waals surface area contributed by atoms with Crippen molar-refractivity contribution >= 4 is 0 Å². The van der Waals surface area contributed by atoms with Crippen LogP contribution >= 0.6 is 0 Å². The average molecular weight is 204 g/mol. The van der Waals surface area contributed by atoms with Crippen molar-refractivity contribution in [3.63, 3.8) is 0 Å². The summed E-state index contributed by atoms with van der Waals surface area (Å²) in [6, 6.07) is 2.16. The van der Waals surface area contributed by atoms with Gasteiger partial charge in [-0.05, 0) is 17.7 Å². The second-order valence-electron chi connectivity index (χ2n) is 2.62. The van der Waals surface area contributed by atoms with E-state index in [4.69, 9.17) is 5.73 Å². The molecule has 1 N–H and O–H groups in total. The first-order valence-corrected chi connectivity index (χ1v) is 3.89. The molecule has 0 spiro atoms. The molecule has 1 rings (SSSR count). The Morgan fingerprint density at radius 1 is 1.43 bits per heavy atom. The molecule has 1 aromatic rings. The zero-order chi connectivity index (χ0) is 10.7. The van der Waals surface area contributed by atoms with Crippen LogP contribution in [0.3, 0.4) is 0 Å². The molecule has 0 saturated heterocycles. The molecule has 0 saturated carbocycles. The minimum Gasteiger partial charge on any atom is -0.674 e. The first-order chi connectivity index (χ1) is 6.61. The molecule has 0 bridgehead atoms. The molecule has 0 fully saturated rings. The summed E-state index contributed by atoms with van der Waals surface area (Å²) in [5.74, 6) is -0.875. The highest BCUT2D eigenvalue weighted by Crippen LogP contribution is 2.33. The fraction of sp³-hybridized carbons (Fsp3) is 0.333. The number of alkyl halides is 2. The van der Waals surface area contributed by atoms with E-state index in [1.54, 1.807) is 0 Å². The van der Waals surface area contributed by atoms with Crippen molar-refractivity contribution in [2.75, 3.05) is 7.11 Å². The van der Waals surface area contributed by atoms with Gasteiger partial charge in [0.15, 0.2) is 0 Å². The SMILES string of the molecule is COc1ccc(F)c(C[NH-])c1C(F)F. The number of hydrogen-bond acceptors (Lipinski definition) is 1. The Labute approximate surface area is 79.5 Å². The quantitative estimate of drug-likeness (QED) is 0.743. The van der Waals surface area contributed by atoms with E-state index in [1.165, 1.54) is 7.11 Å². The Kier molecular flexibility index (Phi) is 3.35. The predicted molar refractivity (Wildman–Crippen MR) is 45.9 cm³/mol. The van der Waals surface area contributed by atoms with Gasteiger partial charge in [-0.3, -0.25) is 0 Å². The molecule has 0 amide bonds. The normalized spacial score (nSPS) is 10.7. The monoisotopic (exact) mass is 204 g/mol. The van der Waals surface area contributed by atoms with Gasteiger partial charge in [0, 0.05) is 0 Å². The Bertz CT molecular complexity index is 328. The largest absolute Gasteiger partial charge is 0.674 e. The molecule has 0 aliphatic heterocycles. The number of rotatable bonds is 3. The summed E-state index contributed by atoms with van der Waals surface area (Å²) in [6.07, 6.45) is -2.83. The summed E-state index contributed by atoms with van der Waals surface area (Å²) in [6.45, 7) is -0.525. The van der Waals surface area contributed by atoms with Crippen molar-refractivity contribution in [3.8, 4) is 5.75 Å². The van der Waals surface area contributed by atoms with E-state index >= 15 is 0 Å². The first-order valence-electron chi connectivity index (χ1n) is 3.89. The minimum absolute atomic E-state index is 0.0800. The van der Waals surface area contributed by atoms with Crippen LogP contribution in [0.2, 0.25) is 0 Å². The maximum atomic E-state index is 13.0. The van der Waals surface area contributed by atoms with E-state index in [-0.39, 0.29) is 11.3 Å². The highest BCUT2D eigenvalue weighted by Gasteiger charge is 2.19. The van der Waals surface area contributed by atoms with Gasteiger partial charge in [0.2, 0.25) is 0 Å².